The lowest BCUT2D eigenvalue weighted by Gasteiger charge is -2.10. The van der Waals surface area contributed by atoms with Crippen LogP contribution in [0.25, 0.3) is 0 Å². The molecule has 0 aliphatic carbocycles. The Balaban J connectivity index is 1.98. The molecule has 0 atom stereocenters. The van der Waals surface area contributed by atoms with Gasteiger partial charge < -0.3 is 16.4 Å². The van der Waals surface area contributed by atoms with Crippen molar-refractivity contribution in [2.45, 2.75) is 0 Å². The van der Waals surface area contributed by atoms with E-state index in [4.69, 9.17) is 28.9 Å². The number of hydrogen-bond donors (Lipinski definition) is 3. The molecule has 25 heavy (non-hydrogen) atoms. The summed E-state index contributed by atoms with van der Waals surface area (Å²) in [7, 11) is 0. The smallest absolute Gasteiger partial charge is 0.295 e. The van der Waals surface area contributed by atoms with Gasteiger partial charge in [0.25, 0.3) is 11.6 Å². The van der Waals surface area contributed by atoms with Crippen LogP contribution in [0.4, 0.5) is 21.6 Å². The van der Waals surface area contributed by atoms with E-state index in [0.717, 1.165) is 6.07 Å². The number of carbonyl (C=O) groups is 1. The maximum absolute atomic E-state index is 13.4. The quantitative estimate of drug-likeness (QED) is 0.303. The van der Waals surface area contributed by atoms with Crippen molar-refractivity contribution in [1.82, 2.24) is 10.3 Å². The monoisotopic (exact) mass is 387 g/mol. The first-order chi connectivity index (χ1) is 11.8. The third kappa shape index (κ3) is 4.68. The van der Waals surface area contributed by atoms with Gasteiger partial charge in [-0.05, 0) is 12.1 Å². The van der Waals surface area contributed by atoms with Crippen LogP contribution < -0.4 is 16.4 Å². The second kappa shape index (κ2) is 7.95. The number of pyridine rings is 1. The summed E-state index contributed by atoms with van der Waals surface area (Å²) >= 11 is 11.7. The second-order valence-electron chi connectivity index (χ2n) is 4.81. The van der Waals surface area contributed by atoms with Gasteiger partial charge in [-0.15, -0.1) is 0 Å². The third-order valence-corrected chi connectivity index (χ3v) is 3.57. The summed E-state index contributed by atoms with van der Waals surface area (Å²) in [6.07, 6.45) is 1.40. The summed E-state index contributed by atoms with van der Waals surface area (Å²) < 4.78 is 13.4. The van der Waals surface area contributed by atoms with Crippen LogP contribution in [0.5, 0.6) is 0 Å². The minimum atomic E-state index is -0.929. The molecule has 0 fully saturated rings. The number of nitrogens with two attached hydrogens (primary N) is 1. The minimum absolute atomic E-state index is 0.114. The highest BCUT2D eigenvalue weighted by atomic mass is 35.5. The molecular formula is C14H12Cl2FN5O3. The fourth-order valence-corrected chi connectivity index (χ4v) is 2.39. The maximum Gasteiger partial charge on any atom is 0.295 e. The average Bonchev–Trinajstić information content (AvgIpc) is 2.54. The van der Waals surface area contributed by atoms with Gasteiger partial charge in [-0.3, -0.25) is 14.9 Å². The lowest BCUT2D eigenvalue weighted by Crippen LogP contribution is -2.29. The summed E-state index contributed by atoms with van der Waals surface area (Å²) in [5, 5.41) is 16.8. The first kappa shape index (κ1) is 18.7. The molecule has 11 heteroatoms. The van der Waals surface area contributed by atoms with E-state index < -0.39 is 28.0 Å². The number of benzene rings is 1. The van der Waals surface area contributed by atoms with Crippen molar-refractivity contribution in [1.29, 1.82) is 0 Å². The maximum atomic E-state index is 13.4. The average molecular weight is 388 g/mol. The summed E-state index contributed by atoms with van der Waals surface area (Å²) in [6, 6.07) is 2.99. The molecule has 8 nitrogen and oxygen atoms in total. The Kier molecular flexibility index (Phi) is 5.94. The Labute approximate surface area is 151 Å². The molecule has 0 radical (unpaired) electrons. The number of carbonyl (C=O) groups excluding carboxylic acids is 1. The Morgan fingerprint density at radius 2 is 2.04 bits per heavy atom. The van der Waals surface area contributed by atoms with Crippen LogP contribution in [0.2, 0.25) is 10.0 Å². The van der Waals surface area contributed by atoms with Gasteiger partial charge in [-0.2, -0.15) is 0 Å². The molecule has 132 valence electrons. The highest BCUT2D eigenvalue weighted by Crippen LogP contribution is 2.26. The van der Waals surface area contributed by atoms with Crippen molar-refractivity contribution in [3.63, 3.8) is 0 Å². The molecule has 1 aromatic heterocycles. The SMILES string of the molecule is Nc1c(C(=O)NCCNc2ncc(Cl)cc2Cl)cc(F)cc1[N+](=O)[O-]. The number of nitrogens with zero attached hydrogens (tertiary/aromatic N) is 2. The molecule has 1 heterocycles. The number of nitrogens with one attached hydrogen (secondary N) is 2. The van der Waals surface area contributed by atoms with E-state index >= 15 is 0 Å². The number of nitro benzene ring substituents is 1. The van der Waals surface area contributed by atoms with Crippen molar-refractivity contribution in [3.05, 3.63) is 55.9 Å². The first-order valence-electron chi connectivity index (χ1n) is 6.86. The predicted molar refractivity (Wildman–Crippen MR) is 92.5 cm³/mol. The Bertz CT molecular complexity index is 834. The number of nitrogen functional groups attached to an aromatic ring is 1. The van der Waals surface area contributed by atoms with Gasteiger partial charge in [0.05, 0.1) is 26.6 Å². The van der Waals surface area contributed by atoms with E-state index in [1.807, 2.05) is 0 Å². The van der Waals surface area contributed by atoms with Crippen molar-refractivity contribution in [3.8, 4) is 0 Å². The molecule has 0 saturated carbocycles. The van der Waals surface area contributed by atoms with Crippen molar-refractivity contribution >= 4 is 46.3 Å². The molecular weight excluding hydrogens is 376 g/mol. The molecule has 4 N–H and O–H groups in total. The van der Waals surface area contributed by atoms with E-state index in [0.29, 0.717) is 21.9 Å². The van der Waals surface area contributed by atoms with Crippen LogP contribution in [0.1, 0.15) is 10.4 Å². The molecule has 0 bridgehead atoms. The Hall–Kier alpha value is -2.65. The van der Waals surface area contributed by atoms with Crippen LogP contribution >= 0.6 is 23.2 Å². The Morgan fingerprint density at radius 3 is 2.68 bits per heavy atom. The van der Waals surface area contributed by atoms with Gasteiger partial charge in [-0.25, -0.2) is 9.37 Å². The van der Waals surface area contributed by atoms with Gasteiger partial charge in [-0.1, -0.05) is 23.2 Å². The number of hydrogen-bond acceptors (Lipinski definition) is 6. The van der Waals surface area contributed by atoms with E-state index in [9.17, 15) is 19.3 Å². The summed E-state index contributed by atoms with van der Waals surface area (Å²) in [5.41, 5.74) is 4.18. The fraction of sp³-hybridized carbons (Fsp3) is 0.143. The normalized spacial score (nSPS) is 10.4. The molecule has 1 aromatic carbocycles. The standard InChI is InChI=1S/C14H12Cl2FN5O3/c15-7-3-10(16)13(21-6-7)19-1-2-20-14(23)9-4-8(17)5-11(12(9)18)22(24)25/h3-6H,1-2,18H2,(H,19,21)(H,20,23). The number of rotatable bonds is 6. The predicted octanol–water partition coefficient (Wildman–Crippen LogP) is 2.86. The van der Waals surface area contributed by atoms with E-state index in [1.165, 1.54) is 12.3 Å². The molecule has 0 aliphatic rings. The number of nitro groups is 1. The fourth-order valence-electron chi connectivity index (χ4n) is 1.94. The summed E-state index contributed by atoms with van der Waals surface area (Å²) in [6.45, 7) is 0.362. The molecule has 0 saturated heterocycles. The Morgan fingerprint density at radius 1 is 1.32 bits per heavy atom. The van der Waals surface area contributed by atoms with Gasteiger partial charge >= 0.3 is 0 Å². The molecule has 0 aliphatic heterocycles. The van der Waals surface area contributed by atoms with Gasteiger partial charge in [0.2, 0.25) is 0 Å². The summed E-state index contributed by atoms with van der Waals surface area (Å²) in [5.74, 6) is -1.29. The van der Waals surface area contributed by atoms with Crippen molar-refractivity contribution < 1.29 is 14.1 Å². The van der Waals surface area contributed by atoms with Crippen molar-refractivity contribution in [2.75, 3.05) is 24.1 Å². The minimum Gasteiger partial charge on any atom is -0.393 e. The number of anilines is 2. The number of aromatic nitrogens is 1. The molecule has 2 rings (SSSR count). The summed E-state index contributed by atoms with van der Waals surface area (Å²) in [4.78, 5) is 26.0. The zero-order valence-corrected chi connectivity index (χ0v) is 14.1. The largest absolute Gasteiger partial charge is 0.393 e. The van der Waals surface area contributed by atoms with Crippen molar-refractivity contribution in [2.24, 2.45) is 0 Å². The molecule has 1 amide bonds. The van der Waals surface area contributed by atoms with Gasteiger partial charge in [0, 0.05) is 19.3 Å². The van der Waals surface area contributed by atoms with E-state index in [2.05, 4.69) is 15.6 Å². The lowest BCUT2D eigenvalue weighted by atomic mass is 10.1. The molecule has 0 unspecified atom stereocenters. The highest BCUT2D eigenvalue weighted by molar-refractivity contribution is 6.35. The van der Waals surface area contributed by atoms with Gasteiger partial charge in [0.15, 0.2) is 0 Å². The van der Waals surface area contributed by atoms with Crippen LogP contribution in [-0.4, -0.2) is 28.9 Å². The second-order valence-corrected chi connectivity index (χ2v) is 5.65. The lowest BCUT2D eigenvalue weighted by molar-refractivity contribution is -0.384. The van der Waals surface area contributed by atoms with E-state index in [1.54, 1.807) is 0 Å². The third-order valence-electron chi connectivity index (χ3n) is 3.08. The highest BCUT2D eigenvalue weighted by Gasteiger charge is 2.21. The molecule has 2 aromatic rings. The van der Waals surface area contributed by atoms with Crippen LogP contribution in [0.15, 0.2) is 24.4 Å². The van der Waals surface area contributed by atoms with Crippen LogP contribution in [0, 0.1) is 15.9 Å². The van der Waals surface area contributed by atoms with Crippen LogP contribution in [0.3, 0.4) is 0 Å². The number of amides is 1. The zero-order valence-electron chi connectivity index (χ0n) is 12.6. The van der Waals surface area contributed by atoms with Crippen LogP contribution in [-0.2, 0) is 0 Å². The number of halogens is 3. The van der Waals surface area contributed by atoms with E-state index in [-0.39, 0.29) is 18.7 Å². The zero-order chi connectivity index (χ0) is 18.6. The molecule has 0 spiro atoms. The topological polar surface area (TPSA) is 123 Å². The van der Waals surface area contributed by atoms with Gasteiger partial charge in [0.1, 0.15) is 17.3 Å². The first-order valence-corrected chi connectivity index (χ1v) is 7.61.